The van der Waals surface area contributed by atoms with E-state index in [1.165, 1.54) is 96.4 Å². The minimum atomic E-state index is -2.53. The Labute approximate surface area is 747 Å². The predicted molar refractivity (Wildman–Crippen MR) is 511 cm³/mol. The van der Waals surface area contributed by atoms with Gasteiger partial charge in [0.15, 0.2) is 0 Å². The molecule has 0 atom stereocenters. The van der Waals surface area contributed by atoms with Gasteiger partial charge in [0.05, 0.1) is 82.5 Å². The number of nitrogens with one attached hydrogen (secondary N) is 1. The van der Waals surface area contributed by atoms with E-state index in [4.69, 9.17) is 4.52 Å². The van der Waals surface area contributed by atoms with E-state index < -0.39 is 12.2 Å². The lowest BCUT2D eigenvalue weighted by molar-refractivity contribution is 0.0563. The van der Waals surface area contributed by atoms with Gasteiger partial charge in [-0.3, -0.25) is 43.2 Å². The molecule has 0 amide bonds. The number of benzene rings is 1. The number of hydrogen-bond acceptors (Lipinski definition) is 15. The van der Waals surface area contributed by atoms with Gasteiger partial charge in [-0.1, -0.05) is 190 Å². The molecule has 0 bridgehead atoms. The lowest BCUT2D eigenvalue weighted by Crippen LogP contribution is -2.26. The number of alkyl halides is 2. The van der Waals surface area contributed by atoms with Gasteiger partial charge in [0.2, 0.25) is 0 Å². The molecule has 0 radical (unpaired) electrons. The third-order valence-electron chi connectivity index (χ3n) is 19.8. The second kappa shape index (κ2) is 52.8. The first-order valence-electron chi connectivity index (χ1n) is 44.0. The van der Waals surface area contributed by atoms with Gasteiger partial charge in [-0.25, -0.2) is 9.67 Å². The molecule has 0 aliphatic heterocycles. The van der Waals surface area contributed by atoms with E-state index in [1.54, 1.807) is 13.8 Å². The molecule has 684 valence electrons. The summed E-state index contributed by atoms with van der Waals surface area (Å²) in [6.45, 7) is 67.6. The number of halogens is 2. The van der Waals surface area contributed by atoms with E-state index in [-0.39, 0.29) is 11.3 Å². The van der Waals surface area contributed by atoms with Crippen LogP contribution in [0.5, 0.6) is 0 Å². The van der Waals surface area contributed by atoms with Gasteiger partial charge in [0.1, 0.15) is 5.76 Å². The van der Waals surface area contributed by atoms with Crippen molar-refractivity contribution in [1.29, 1.82) is 0 Å². The Morgan fingerprint density at radius 3 is 1.41 bits per heavy atom. The average molecular weight is 1730 g/mol. The smallest absolute Gasteiger partial charge is 0.333 e. The Hall–Kier alpha value is -9.88. The Balaban J connectivity index is 0.000000350. The molecule has 0 saturated heterocycles. The molecule has 25 heteroatoms. The Morgan fingerprint density at radius 2 is 1.08 bits per heavy atom. The van der Waals surface area contributed by atoms with Crippen molar-refractivity contribution in [3.63, 3.8) is 0 Å². The second-order valence-electron chi connectivity index (χ2n) is 36.9. The highest BCUT2D eigenvalue weighted by molar-refractivity contribution is 7.11. The maximum Gasteiger partial charge on any atom is 0.333 e. The van der Waals surface area contributed by atoms with Crippen molar-refractivity contribution in [1.82, 2.24) is 98.8 Å². The molecule has 1 aromatic carbocycles. The van der Waals surface area contributed by atoms with Crippen LogP contribution in [0.1, 0.15) is 377 Å². The fourth-order valence-corrected chi connectivity index (χ4v) is 13.0. The summed E-state index contributed by atoms with van der Waals surface area (Å²) in [6.07, 6.45) is 30.9. The molecule has 1 aliphatic carbocycles. The van der Waals surface area contributed by atoms with E-state index in [9.17, 15) is 13.9 Å². The largest absolute Gasteiger partial charge is 0.389 e. The third-order valence-corrected chi connectivity index (χ3v) is 21.2. The third kappa shape index (κ3) is 40.4. The molecule has 1 aliphatic rings. The van der Waals surface area contributed by atoms with Crippen molar-refractivity contribution in [3.05, 3.63) is 247 Å². The molecular weight excluding hydrogens is 1570 g/mol. The number of rotatable bonds is 15. The number of aliphatic hydroxyl groups is 1. The van der Waals surface area contributed by atoms with Crippen molar-refractivity contribution < 1.29 is 18.4 Å². The SMILES string of the molecule is CC(C)c1ccc2ncccc2c1.CC(C)c1ccn(C)n1.CC(C)c1ccnn1C.CC(C)c1cn[nH]c1.CC(C)c1cnn(C(F)F)c1.CC(C)c1cnn(C)c1.CC(C)c1cnn(C2CC2)c1.Cc1cc(C(C)C)ccn1.Cc1nc(C)c(C(C)C)s1.Cc1nn(CC(C)(C)O)cc1C(C)C.Cc1noc(C)c1C(C)C.Cn1cc(C(C)(C)C)cn1. The zero-order chi connectivity index (χ0) is 93.8. The second-order valence-corrected chi connectivity index (χ2v) is 38.2. The Morgan fingerprint density at radius 1 is 0.508 bits per heavy atom. The van der Waals surface area contributed by atoms with Crippen molar-refractivity contribution in [3.8, 4) is 0 Å². The molecule has 2 N–H and O–H groups in total. The average Bonchev–Trinajstić information content (AvgIpc) is 1.45. The van der Waals surface area contributed by atoms with Crippen LogP contribution >= 0.6 is 11.3 Å². The zero-order valence-corrected chi connectivity index (χ0v) is 83.3. The molecule has 1 saturated carbocycles. The molecule has 12 aromatic heterocycles. The zero-order valence-electron chi connectivity index (χ0n) is 82.5. The summed E-state index contributed by atoms with van der Waals surface area (Å²) in [6, 6.07) is 19.6. The molecule has 124 heavy (non-hydrogen) atoms. The summed E-state index contributed by atoms with van der Waals surface area (Å²) < 4.78 is 40.9. The summed E-state index contributed by atoms with van der Waals surface area (Å²) in [5.74, 6) is 6.97. The number of aromatic amines is 1. The standard InChI is InChI=1S/C12H13N.C11H20N2O.C9H14N2.C9H13N.C8H14N2.C8H13NO.C8H13NS.C7H10F2N2.3C7H12N2.C6H10N2/c1-9(2)10-5-6-12-11(8-10)4-3-7-13-12;1-8(2)10-6-13(12-9(10)3)7-11(4,5)14;1-7(2)8-5-10-11(6-8)9-3-4-9;1-7(2)9-4-5-10-8(3)6-9;1-8(2,3)7-5-9-10(4)6-7;1-5(2)8-6(3)9-10-7(8)4;1-5(2)8-6(3)9-7(4)10-8;1-5(2)6-3-10-11(4-6)7(8)9;1-6(2)7-4-8-9(3)5-7;1-6(2)7-4-5-9(3)8-7;1-6(2)7-4-5-8-9(7)3;1-5(2)6-3-7-8-4-6/h3-9H,1-2H3;6,8,14H,7H2,1-5H3;5-7,9H,3-4H2,1-2H3;4-7H,1-3H3;5-6H,1-4H3;2*5H,1-4H3;3-5,7H,1-2H3;3*4-6H,1-3H3;3-5H,1-2H3,(H,7,8). The highest BCUT2D eigenvalue weighted by Crippen LogP contribution is 2.35. The van der Waals surface area contributed by atoms with Crippen LogP contribution in [0.2, 0.25) is 0 Å². The van der Waals surface area contributed by atoms with E-state index in [0.717, 1.165) is 45.7 Å². The maximum atomic E-state index is 11.9. The van der Waals surface area contributed by atoms with Crippen LogP contribution in [0.15, 0.2) is 152 Å². The van der Waals surface area contributed by atoms with Gasteiger partial charge in [-0.15, -0.1) is 11.3 Å². The summed E-state index contributed by atoms with van der Waals surface area (Å²) in [4.78, 5) is 14.2. The van der Waals surface area contributed by atoms with Gasteiger partial charge in [0.25, 0.3) is 0 Å². The highest BCUT2D eigenvalue weighted by Gasteiger charge is 2.25. The van der Waals surface area contributed by atoms with Gasteiger partial charge in [-0.05, 0) is 226 Å². The highest BCUT2D eigenvalue weighted by atomic mass is 32.1. The van der Waals surface area contributed by atoms with Crippen LogP contribution in [0.25, 0.3) is 10.9 Å². The number of nitrogens with zero attached hydrogens (tertiary/aromatic N) is 19. The molecule has 14 rings (SSSR count). The van der Waals surface area contributed by atoms with Crippen molar-refractivity contribution in [2.45, 2.75) is 337 Å². The molecule has 1 fully saturated rings. The van der Waals surface area contributed by atoms with Crippen LogP contribution in [-0.4, -0.2) is 109 Å². The Bertz CT molecular complexity index is 4880. The molecule has 0 spiro atoms. The van der Waals surface area contributed by atoms with Crippen LogP contribution < -0.4 is 0 Å². The molecular formula is C99H156F2N20O2S. The van der Waals surface area contributed by atoms with Crippen LogP contribution in [0.3, 0.4) is 0 Å². The number of thiazole rings is 1. The first kappa shape index (κ1) is 108. The lowest BCUT2D eigenvalue weighted by atomic mass is 9.90. The topological polar surface area (TPSA) is 238 Å². The van der Waals surface area contributed by atoms with E-state index in [2.05, 4.69) is 293 Å². The number of H-pyrrole nitrogens is 1. The molecule has 13 aromatic rings. The predicted octanol–water partition coefficient (Wildman–Crippen LogP) is 25.9. The minimum Gasteiger partial charge on any atom is -0.389 e. The fraction of sp³-hybridized carbons (Fsp3) is 0.556. The fourth-order valence-electron chi connectivity index (χ4n) is 12.1. The van der Waals surface area contributed by atoms with Crippen LogP contribution in [0.4, 0.5) is 8.78 Å². The summed E-state index contributed by atoms with van der Waals surface area (Å²) >= 11 is 1.81. The van der Waals surface area contributed by atoms with Gasteiger partial charge in [-0.2, -0.15) is 49.6 Å². The van der Waals surface area contributed by atoms with Gasteiger partial charge < -0.3 is 9.63 Å². The molecule has 0 unspecified atom stereocenters. The number of pyridine rings is 2. The number of hydrogen-bond donors (Lipinski definition) is 2. The van der Waals surface area contributed by atoms with E-state index in [0.29, 0.717) is 70.4 Å². The first-order valence-corrected chi connectivity index (χ1v) is 44.8. The normalized spacial score (nSPS) is 11.7. The van der Waals surface area contributed by atoms with E-state index in [1.807, 2.05) is 191 Å². The number of aromatic nitrogens is 20. The molecule has 12 heterocycles. The quantitative estimate of drug-likeness (QED) is 0.0971. The first-order chi connectivity index (χ1) is 57.8. The maximum absolute atomic E-state index is 11.9. The number of aryl methyl sites for hydroxylation is 10. The molecule has 22 nitrogen and oxygen atoms in total. The monoisotopic (exact) mass is 1730 g/mol. The minimum absolute atomic E-state index is 0.230. The summed E-state index contributed by atoms with van der Waals surface area (Å²) in [5, 5.41) is 51.1. The summed E-state index contributed by atoms with van der Waals surface area (Å²) in [7, 11) is 7.78. The summed E-state index contributed by atoms with van der Waals surface area (Å²) in [5.41, 5.74) is 18.8. The van der Waals surface area contributed by atoms with Crippen molar-refractivity contribution in [2.24, 2.45) is 28.2 Å². The number of fused-ring (bicyclic) bond motifs is 1. The van der Waals surface area contributed by atoms with Crippen molar-refractivity contribution in [2.75, 3.05) is 0 Å². The van der Waals surface area contributed by atoms with E-state index >= 15 is 0 Å². The van der Waals surface area contributed by atoms with Crippen molar-refractivity contribution >= 4 is 22.2 Å². The van der Waals surface area contributed by atoms with Gasteiger partial charge >= 0.3 is 6.55 Å². The van der Waals surface area contributed by atoms with Crippen LogP contribution in [0, 0.1) is 41.5 Å². The lowest BCUT2D eigenvalue weighted by Gasteiger charge is -2.16. The van der Waals surface area contributed by atoms with Gasteiger partial charge in [0, 0.05) is 117 Å². The Kier molecular flexibility index (Phi) is 46.1. The van der Waals surface area contributed by atoms with Crippen LogP contribution in [-0.2, 0) is 40.2 Å².